The molecule has 0 saturated heterocycles. The van der Waals surface area contributed by atoms with Gasteiger partial charge in [-0.15, -0.1) is 0 Å². The Bertz CT molecular complexity index is 535. The molecule has 0 atom stereocenters. The van der Waals surface area contributed by atoms with E-state index in [-0.39, 0.29) is 11.3 Å². The van der Waals surface area contributed by atoms with Crippen molar-refractivity contribution in [3.05, 3.63) is 17.5 Å². The van der Waals surface area contributed by atoms with Gasteiger partial charge in [-0.3, -0.25) is 9.48 Å². The highest BCUT2D eigenvalue weighted by atomic mass is 16.3. The van der Waals surface area contributed by atoms with E-state index in [9.17, 15) is 9.90 Å². The summed E-state index contributed by atoms with van der Waals surface area (Å²) in [6, 6.07) is 0. The Hall–Kier alpha value is -1.36. The first kappa shape index (κ1) is 17.0. The summed E-state index contributed by atoms with van der Waals surface area (Å²) in [6.07, 6.45) is 5.11. The number of hydrogen-bond donors (Lipinski definition) is 2. The monoisotopic (exact) mass is 307 g/mol. The molecule has 22 heavy (non-hydrogen) atoms. The zero-order chi connectivity index (χ0) is 16.5. The van der Waals surface area contributed by atoms with Crippen molar-refractivity contribution in [2.24, 2.45) is 18.4 Å². The summed E-state index contributed by atoms with van der Waals surface area (Å²) in [4.78, 5) is 12.2. The number of amides is 1. The molecule has 124 valence electrons. The van der Waals surface area contributed by atoms with E-state index >= 15 is 0 Å². The molecule has 0 radical (unpaired) electrons. The summed E-state index contributed by atoms with van der Waals surface area (Å²) in [7, 11) is 1.81. The van der Waals surface area contributed by atoms with Crippen molar-refractivity contribution in [1.29, 1.82) is 0 Å². The third-order valence-electron chi connectivity index (χ3n) is 5.20. The molecular formula is C17H29N3O2. The van der Waals surface area contributed by atoms with Crippen LogP contribution < -0.4 is 5.32 Å². The second-order valence-corrected chi connectivity index (χ2v) is 7.81. The van der Waals surface area contributed by atoms with Crippen LogP contribution in [-0.2, 0) is 7.05 Å². The van der Waals surface area contributed by atoms with Crippen LogP contribution in [0.4, 0.5) is 0 Å². The van der Waals surface area contributed by atoms with Crippen LogP contribution in [0.5, 0.6) is 0 Å². The molecule has 0 aliphatic heterocycles. The van der Waals surface area contributed by atoms with Gasteiger partial charge in [0.15, 0.2) is 0 Å². The molecule has 5 nitrogen and oxygen atoms in total. The third-order valence-corrected chi connectivity index (χ3v) is 5.20. The van der Waals surface area contributed by atoms with E-state index in [0.717, 1.165) is 31.4 Å². The zero-order valence-corrected chi connectivity index (χ0v) is 14.4. The number of aryl methyl sites for hydroxylation is 1. The number of carbonyl (C=O) groups excluding carboxylic acids is 1. The summed E-state index contributed by atoms with van der Waals surface area (Å²) in [5.74, 6) is 0.487. The second-order valence-electron chi connectivity index (χ2n) is 7.81. The Balaban J connectivity index is 1.89. The number of hydrogen-bond acceptors (Lipinski definition) is 3. The minimum Gasteiger partial charge on any atom is -0.388 e. The Labute approximate surface area is 133 Å². The van der Waals surface area contributed by atoms with Gasteiger partial charge in [0.25, 0.3) is 5.91 Å². The summed E-state index contributed by atoms with van der Waals surface area (Å²) >= 11 is 0. The molecule has 0 aromatic carbocycles. The first-order valence-electron chi connectivity index (χ1n) is 8.11. The maximum atomic E-state index is 12.2. The molecule has 1 amide bonds. The molecule has 1 aliphatic carbocycles. The van der Waals surface area contributed by atoms with Crippen LogP contribution in [0.15, 0.2) is 6.20 Å². The molecule has 1 aliphatic rings. The van der Waals surface area contributed by atoms with Gasteiger partial charge in [-0.2, -0.15) is 5.10 Å². The van der Waals surface area contributed by atoms with Crippen LogP contribution in [-0.4, -0.2) is 32.9 Å². The van der Waals surface area contributed by atoms with Crippen molar-refractivity contribution >= 4 is 5.91 Å². The molecular weight excluding hydrogens is 278 g/mol. The van der Waals surface area contributed by atoms with E-state index in [1.807, 2.05) is 14.0 Å². The van der Waals surface area contributed by atoms with Crippen molar-refractivity contribution < 1.29 is 9.90 Å². The average molecular weight is 307 g/mol. The Morgan fingerprint density at radius 1 is 1.45 bits per heavy atom. The summed E-state index contributed by atoms with van der Waals surface area (Å²) in [5, 5.41) is 17.6. The third kappa shape index (κ3) is 3.69. The molecule has 2 N–H and O–H groups in total. The van der Waals surface area contributed by atoms with Gasteiger partial charge in [-0.1, -0.05) is 20.8 Å². The van der Waals surface area contributed by atoms with Crippen LogP contribution in [0.2, 0.25) is 0 Å². The lowest BCUT2D eigenvalue weighted by Crippen LogP contribution is -2.46. The number of aromatic nitrogens is 2. The predicted molar refractivity (Wildman–Crippen MR) is 86.6 cm³/mol. The average Bonchev–Trinajstić information content (AvgIpc) is 2.76. The van der Waals surface area contributed by atoms with Gasteiger partial charge in [0, 0.05) is 19.3 Å². The zero-order valence-electron chi connectivity index (χ0n) is 14.4. The highest BCUT2D eigenvalue weighted by Crippen LogP contribution is 2.41. The van der Waals surface area contributed by atoms with E-state index in [1.54, 1.807) is 10.9 Å². The molecule has 2 rings (SSSR count). The lowest BCUT2D eigenvalue weighted by molar-refractivity contribution is -0.0228. The predicted octanol–water partition coefficient (Wildman–Crippen LogP) is 2.43. The molecule has 0 bridgehead atoms. The fourth-order valence-corrected chi connectivity index (χ4v) is 3.26. The van der Waals surface area contributed by atoms with Gasteiger partial charge in [0.05, 0.1) is 17.4 Å². The minimum absolute atomic E-state index is 0.156. The first-order valence-corrected chi connectivity index (χ1v) is 8.11. The Morgan fingerprint density at radius 2 is 2.05 bits per heavy atom. The van der Waals surface area contributed by atoms with Gasteiger partial charge in [-0.05, 0) is 43.9 Å². The Morgan fingerprint density at radius 3 is 2.50 bits per heavy atom. The maximum Gasteiger partial charge on any atom is 0.254 e. The fourth-order valence-electron chi connectivity index (χ4n) is 3.26. The molecule has 5 heteroatoms. The van der Waals surface area contributed by atoms with E-state index in [4.69, 9.17) is 0 Å². The SMILES string of the molecule is Cc1c(C(=O)NCC2(O)CCC(C(C)(C)C)CC2)cnn1C. The number of carbonyl (C=O) groups is 1. The molecule has 1 heterocycles. The summed E-state index contributed by atoms with van der Waals surface area (Å²) in [6.45, 7) is 8.96. The van der Waals surface area contributed by atoms with Crippen molar-refractivity contribution in [1.82, 2.24) is 15.1 Å². The van der Waals surface area contributed by atoms with E-state index in [0.29, 0.717) is 18.0 Å². The second kappa shape index (κ2) is 6.03. The number of nitrogens with one attached hydrogen (secondary N) is 1. The van der Waals surface area contributed by atoms with E-state index in [2.05, 4.69) is 31.2 Å². The van der Waals surface area contributed by atoms with Crippen molar-refractivity contribution in [3.8, 4) is 0 Å². The van der Waals surface area contributed by atoms with Gasteiger partial charge < -0.3 is 10.4 Å². The highest BCUT2D eigenvalue weighted by Gasteiger charge is 2.37. The molecule has 0 spiro atoms. The van der Waals surface area contributed by atoms with Crippen LogP contribution >= 0.6 is 0 Å². The molecule has 1 aromatic rings. The van der Waals surface area contributed by atoms with E-state index in [1.165, 1.54) is 0 Å². The van der Waals surface area contributed by atoms with Crippen molar-refractivity contribution in [2.45, 2.75) is 59.0 Å². The molecule has 1 aromatic heterocycles. The lowest BCUT2D eigenvalue weighted by atomic mass is 9.68. The van der Waals surface area contributed by atoms with Crippen molar-refractivity contribution in [3.63, 3.8) is 0 Å². The molecule has 1 saturated carbocycles. The topological polar surface area (TPSA) is 67.2 Å². The van der Waals surface area contributed by atoms with Gasteiger partial charge in [0.1, 0.15) is 0 Å². The number of rotatable bonds is 3. The quantitative estimate of drug-likeness (QED) is 0.901. The van der Waals surface area contributed by atoms with Crippen LogP contribution in [0.3, 0.4) is 0 Å². The molecule has 0 unspecified atom stereocenters. The first-order chi connectivity index (χ1) is 10.1. The highest BCUT2D eigenvalue weighted by molar-refractivity contribution is 5.95. The van der Waals surface area contributed by atoms with Gasteiger partial charge in [0.2, 0.25) is 0 Å². The molecule has 1 fully saturated rings. The summed E-state index contributed by atoms with van der Waals surface area (Å²) < 4.78 is 1.68. The Kier molecular flexibility index (Phi) is 4.66. The normalized spacial score (nSPS) is 26.0. The number of aliphatic hydroxyl groups is 1. The van der Waals surface area contributed by atoms with E-state index < -0.39 is 5.60 Å². The maximum absolute atomic E-state index is 12.2. The minimum atomic E-state index is -0.770. The van der Waals surface area contributed by atoms with Crippen LogP contribution in [0.25, 0.3) is 0 Å². The van der Waals surface area contributed by atoms with Crippen molar-refractivity contribution in [2.75, 3.05) is 6.54 Å². The lowest BCUT2D eigenvalue weighted by Gasteiger charge is -2.41. The van der Waals surface area contributed by atoms with Crippen LogP contribution in [0, 0.1) is 18.3 Å². The largest absolute Gasteiger partial charge is 0.388 e. The van der Waals surface area contributed by atoms with Gasteiger partial charge in [-0.25, -0.2) is 0 Å². The standard InChI is InChI=1S/C17H29N3O2/c1-12-14(10-19-20(12)5)15(21)18-11-17(22)8-6-13(7-9-17)16(2,3)4/h10,13,22H,6-9,11H2,1-5H3,(H,18,21). The summed E-state index contributed by atoms with van der Waals surface area (Å²) in [5.41, 5.74) is 0.931. The number of nitrogens with zero attached hydrogens (tertiary/aromatic N) is 2. The van der Waals surface area contributed by atoms with Gasteiger partial charge >= 0.3 is 0 Å². The fraction of sp³-hybridized carbons (Fsp3) is 0.765. The van der Waals surface area contributed by atoms with Crippen LogP contribution in [0.1, 0.15) is 62.5 Å². The smallest absolute Gasteiger partial charge is 0.254 e.